The van der Waals surface area contributed by atoms with E-state index < -0.39 is 15.8 Å². The number of methoxy groups -OCH3 is 1. The van der Waals surface area contributed by atoms with Gasteiger partial charge in [0.15, 0.2) is 9.84 Å². The zero-order chi connectivity index (χ0) is 11.6. The van der Waals surface area contributed by atoms with Gasteiger partial charge in [-0.2, -0.15) is 0 Å². The summed E-state index contributed by atoms with van der Waals surface area (Å²) in [7, 11) is -2.19. The molecule has 1 aromatic rings. The zero-order valence-corrected chi connectivity index (χ0v) is 9.59. The van der Waals surface area contributed by atoms with Gasteiger partial charge in [-0.05, 0) is 19.1 Å². The molecule has 0 radical (unpaired) electrons. The van der Waals surface area contributed by atoms with Crippen molar-refractivity contribution in [1.82, 2.24) is 0 Å². The first-order valence-corrected chi connectivity index (χ1v) is 6.14. The molecule has 1 rings (SSSR count). The number of carbonyl (C=O) groups is 1. The predicted octanol–water partition coefficient (Wildman–Crippen LogP) is 1.19. The summed E-state index contributed by atoms with van der Waals surface area (Å²) < 4.78 is 27.3. The maximum atomic E-state index is 11.4. The van der Waals surface area contributed by atoms with Crippen LogP contribution >= 0.6 is 0 Å². The van der Waals surface area contributed by atoms with E-state index in [1.165, 1.54) is 19.2 Å². The molecule has 1 aromatic carbocycles. The molecule has 4 nitrogen and oxygen atoms in total. The molecule has 0 spiro atoms. The summed E-state index contributed by atoms with van der Waals surface area (Å²) in [5.41, 5.74) is 0.891. The minimum atomic E-state index is -3.41. The van der Waals surface area contributed by atoms with Crippen molar-refractivity contribution in [3.63, 3.8) is 0 Å². The number of sulfone groups is 1. The molecule has 0 aliphatic heterocycles. The highest BCUT2D eigenvalue weighted by molar-refractivity contribution is 7.90. The van der Waals surface area contributed by atoms with Crippen molar-refractivity contribution >= 4 is 15.8 Å². The van der Waals surface area contributed by atoms with Crippen LogP contribution in [0.3, 0.4) is 0 Å². The second kappa shape index (κ2) is 4.02. The number of carbonyl (C=O) groups excluding carboxylic acids is 1. The Hall–Kier alpha value is -1.36. The molecule has 0 fully saturated rings. The number of esters is 1. The van der Waals surface area contributed by atoms with Crippen molar-refractivity contribution in [2.75, 3.05) is 13.4 Å². The second-order valence-electron chi connectivity index (χ2n) is 3.26. The first kappa shape index (κ1) is 11.7. The fourth-order valence-corrected chi connectivity index (χ4v) is 2.09. The van der Waals surface area contributed by atoms with Crippen molar-refractivity contribution in [1.29, 1.82) is 0 Å². The van der Waals surface area contributed by atoms with Gasteiger partial charge in [0.1, 0.15) is 0 Å². The van der Waals surface area contributed by atoms with Crippen LogP contribution in [-0.2, 0) is 14.6 Å². The van der Waals surface area contributed by atoms with E-state index in [4.69, 9.17) is 0 Å². The van der Waals surface area contributed by atoms with Crippen LogP contribution in [-0.4, -0.2) is 27.8 Å². The van der Waals surface area contributed by atoms with Gasteiger partial charge in [-0.15, -0.1) is 0 Å². The first-order chi connectivity index (χ1) is 6.86. The summed E-state index contributed by atoms with van der Waals surface area (Å²) in [6, 6.07) is 4.56. The highest BCUT2D eigenvalue weighted by Gasteiger charge is 2.18. The van der Waals surface area contributed by atoms with Crippen LogP contribution in [0.1, 0.15) is 15.9 Å². The Morgan fingerprint density at radius 2 is 1.93 bits per heavy atom. The Labute approximate surface area is 88.8 Å². The zero-order valence-electron chi connectivity index (χ0n) is 8.77. The minimum Gasteiger partial charge on any atom is -0.465 e. The maximum absolute atomic E-state index is 11.4. The van der Waals surface area contributed by atoms with Crippen LogP contribution in [0, 0.1) is 6.92 Å². The Morgan fingerprint density at radius 3 is 2.40 bits per heavy atom. The van der Waals surface area contributed by atoms with Crippen LogP contribution in [0.15, 0.2) is 23.1 Å². The van der Waals surface area contributed by atoms with E-state index in [9.17, 15) is 13.2 Å². The third-order valence-electron chi connectivity index (χ3n) is 1.94. The molecule has 0 aromatic heterocycles. The molecule has 82 valence electrons. The van der Waals surface area contributed by atoms with Crippen molar-refractivity contribution in [2.45, 2.75) is 11.8 Å². The lowest BCUT2D eigenvalue weighted by atomic mass is 10.1. The van der Waals surface area contributed by atoms with Crippen molar-refractivity contribution in [3.05, 3.63) is 29.3 Å². The third kappa shape index (κ3) is 2.56. The monoisotopic (exact) mass is 228 g/mol. The van der Waals surface area contributed by atoms with Gasteiger partial charge in [0.25, 0.3) is 0 Å². The lowest BCUT2D eigenvalue weighted by molar-refractivity contribution is 0.0596. The summed E-state index contributed by atoms with van der Waals surface area (Å²) >= 11 is 0. The number of hydrogen-bond acceptors (Lipinski definition) is 4. The summed E-state index contributed by atoms with van der Waals surface area (Å²) in [6.07, 6.45) is 1.06. The Balaban J connectivity index is 3.47. The molecule has 0 unspecified atom stereocenters. The molecule has 0 atom stereocenters. The van der Waals surface area contributed by atoms with Gasteiger partial charge in [0.2, 0.25) is 0 Å². The van der Waals surface area contributed by atoms with Gasteiger partial charge < -0.3 is 4.74 Å². The largest absolute Gasteiger partial charge is 0.465 e. The van der Waals surface area contributed by atoms with Crippen LogP contribution in [0.5, 0.6) is 0 Å². The highest BCUT2D eigenvalue weighted by atomic mass is 32.2. The minimum absolute atomic E-state index is 0.0000463. The van der Waals surface area contributed by atoms with E-state index in [0.717, 1.165) is 11.8 Å². The third-order valence-corrected chi connectivity index (χ3v) is 3.09. The number of aryl methyl sites for hydroxylation is 1. The Morgan fingerprint density at radius 1 is 1.33 bits per heavy atom. The summed E-state index contributed by atoms with van der Waals surface area (Å²) in [6.45, 7) is 1.78. The summed E-state index contributed by atoms with van der Waals surface area (Å²) in [4.78, 5) is 11.3. The van der Waals surface area contributed by atoms with E-state index in [0.29, 0.717) is 0 Å². The van der Waals surface area contributed by atoms with Crippen molar-refractivity contribution in [2.24, 2.45) is 0 Å². The van der Waals surface area contributed by atoms with E-state index in [1.807, 2.05) is 0 Å². The molecule has 0 N–H and O–H groups in total. The van der Waals surface area contributed by atoms with Crippen LogP contribution in [0.2, 0.25) is 0 Å². The molecule has 0 amide bonds. The number of benzene rings is 1. The van der Waals surface area contributed by atoms with Gasteiger partial charge >= 0.3 is 5.97 Å². The van der Waals surface area contributed by atoms with E-state index in [1.54, 1.807) is 13.0 Å². The average molecular weight is 228 g/mol. The first-order valence-electron chi connectivity index (χ1n) is 4.25. The van der Waals surface area contributed by atoms with Gasteiger partial charge in [-0.1, -0.05) is 11.6 Å². The quantitative estimate of drug-likeness (QED) is 0.713. The molecule has 0 aliphatic rings. The molecule has 0 heterocycles. The van der Waals surface area contributed by atoms with Crippen LogP contribution < -0.4 is 0 Å². The van der Waals surface area contributed by atoms with Gasteiger partial charge in [0.05, 0.1) is 17.6 Å². The number of hydrogen-bond donors (Lipinski definition) is 0. The molecule has 0 saturated heterocycles. The maximum Gasteiger partial charge on any atom is 0.339 e. The van der Waals surface area contributed by atoms with E-state index in [2.05, 4.69) is 4.74 Å². The molecule has 15 heavy (non-hydrogen) atoms. The highest BCUT2D eigenvalue weighted by Crippen LogP contribution is 2.18. The fraction of sp³-hybridized carbons (Fsp3) is 0.300. The lowest BCUT2D eigenvalue weighted by Crippen LogP contribution is -2.09. The lowest BCUT2D eigenvalue weighted by Gasteiger charge is -2.06. The molecular weight excluding hydrogens is 216 g/mol. The molecule has 0 aliphatic carbocycles. The SMILES string of the molecule is COC(=O)c1cc(C)ccc1S(C)(=O)=O. The van der Waals surface area contributed by atoms with Crippen LogP contribution in [0.4, 0.5) is 0 Å². The second-order valence-corrected chi connectivity index (χ2v) is 5.25. The standard InChI is InChI=1S/C10H12O4S/c1-7-4-5-9(15(3,12)13)8(6-7)10(11)14-2/h4-6H,1-3H3. The normalized spacial score (nSPS) is 11.1. The smallest absolute Gasteiger partial charge is 0.339 e. The average Bonchev–Trinajstić information content (AvgIpc) is 2.14. The summed E-state index contributed by atoms with van der Waals surface area (Å²) in [5.74, 6) is -0.640. The number of ether oxygens (including phenoxy) is 1. The fourth-order valence-electron chi connectivity index (χ4n) is 1.24. The molecule has 0 bridgehead atoms. The van der Waals surface area contributed by atoms with Gasteiger partial charge in [-0.25, -0.2) is 13.2 Å². The van der Waals surface area contributed by atoms with Crippen LogP contribution in [0.25, 0.3) is 0 Å². The Bertz CT molecular complexity index is 488. The Kier molecular flexibility index (Phi) is 3.14. The van der Waals surface area contributed by atoms with Gasteiger partial charge in [-0.3, -0.25) is 0 Å². The summed E-state index contributed by atoms with van der Waals surface area (Å²) in [5, 5.41) is 0. The predicted molar refractivity (Wildman–Crippen MR) is 55.6 cm³/mol. The van der Waals surface area contributed by atoms with Crippen molar-refractivity contribution in [3.8, 4) is 0 Å². The van der Waals surface area contributed by atoms with E-state index in [-0.39, 0.29) is 10.5 Å². The van der Waals surface area contributed by atoms with Gasteiger partial charge in [0, 0.05) is 6.26 Å². The van der Waals surface area contributed by atoms with Crippen molar-refractivity contribution < 1.29 is 17.9 Å². The topological polar surface area (TPSA) is 60.4 Å². The van der Waals surface area contributed by atoms with E-state index >= 15 is 0 Å². The molecule has 0 saturated carbocycles. The number of rotatable bonds is 2. The molecule has 5 heteroatoms. The molecular formula is C10H12O4S.